The Labute approximate surface area is 128 Å². The first kappa shape index (κ1) is 13.0. The van der Waals surface area contributed by atoms with Crippen molar-refractivity contribution in [2.45, 2.75) is 0 Å². The third kappa shape index (κ3) is 1.74. The molecule has 0 radical (unpaired) electrons. The summed E-state index contributed by atoms with van der Waals surface area (Å²) in [6, 6.07) is 21.1. The van der Waals surface area contributed by atoms with Gasteiger partial charge in [0.25, 0.3) is 0 Å². The van der Waals surface area contributed by atoms with Gasteiger partial charge in [0, 0.05) is 0 Å². The van der Waals surface area contributed by atoms with Crippen molar-refractivity contribution in [1.82, 2.24) is 0 Å². The summed E-state index contributed by atoms with van der Waals surface area (Å²) in [7, 11) is 3.35. The molecule has 0 amide bonds. The minimum absolute atomic E-state index is 0.760. The molecule has 22 heavy (non-hydrogen) atoms. The van der Waals surface area contributed by atoms with Crippen LogP contribution in [0.4, 0.5) is 0 Å². The lowest BCUT2D eigenvalue weighted by atomic mass is 9.94. The van der Waals surface area contributed by atoms with E-state index in [1.54, 1.807) is 14.2 Å². The van der Waals surface area contributed by atoms with Gasteiger partial charge in [-0.3, -0.25) is 0 Å². The lowest BCUT2D eigenvalue weighted by molar-refractivity contribution is 0.356. The van der Waals surface area contributed by atoms with E-state index in [4.69, 9.17) is 9.47 Å². The van der Waals surface area contributed by atoms with E-state index in [1.165, 1.54) is 32.3 Å². The van der Waals surface area contributed by atoms with Crippen LogP contribution in [-0.2, 0) is 0 Å². The highest BCUT2D eigenvalue weighted by Crippen LogP contribution is 2.40. The molecule has 4 rings (SSSR count). The van der Waals surface area contributed by atoms with Crippen LogP contribution in [0.3, 0.4) is 0 Å². The number of methoxy groups -OCH3 is 2. The smallest absolute Gasteiger partial charge is 0.161 e. The number of ether oxygens (including phenoxy) is 2. The standard InChI is InChI=1S/C20H16O2/c1-21-19-11-17-15-9-5-3-7-13(15)14-8-4-6-10-16(14)18(17)12-20(19)22-2/h3-12H,1-2H3. The number of hydrogen-bond acceptors (Lipinski definition) is 2. The van der Waals surface area contributed by atoms with Gasteiger partial charge in [-0.05, 0) is 44.5 Å². The van der Waals surface area contributed by atoms with E-state index in [2.05, 4.69) is 60.7 Å². The van der Waals surface area contributed by atoms with E-state index in [-0.39, 0.29) is 0 Å². The van der Waals surface area contributed by atoms with Crippen LogP contribution < -0.4 is 9.47 Å². The minimum Gasteiger partial charge on any atom is -0.493 e. The first-order valence-corrected chi connectivity index (χ1v) is 7.28. The van der Waals surface area contributed by atoms with E-state index in [1.807, 2.05) is 0 Å². The molecule has 2 heteroatoms. The van der Waals surface area contributed by atoms with Gasteiger partial charge in [0.2, 0.25) is 0 Å². The predicted molar refractivity (Wildman–Crippen MR) is 92.1 cm³/mol. The largest absolute Gasteiger partial charge is 0.493 e. The number of benzene rings is 4. The lowest BCUT2D eigenvalue weighted by Crippen LogP contribution is -1.91. The minimum atomic E-state index is 0.760. The third-order valence-corrected chi connectivity index (χ3v) is 4.25. The summed E-state index contributed by atoms with van der Waals surface area (Å²) in [5.74, 6) is 1.52. The van der Waals surface area contributed by atoms with Crippen molar-refractivity contribution in [3.8, 4) is 11.5 Å². The van der Waals surface area contributed by atoms with Crippen LogP contribution in [0.2, 0.25) is 0 Å². The normalized spacial score (nSPS) is 11.2. The molecule has 0 heterocycles. The Morgan fingerprint density at radius 2 is 0.818 bits per heavy atom. The fraction of sp³-hybridized carbons (Fsp3) is 0.100. The molecule has 0 aliphatic rings. The Kier molecular flexibility index (Phi) is 2.90. The summed E-state index contributed by atoms with van der Waals surface area (Å²) in [5, 5.41) is 7.36. The molecule has 0 bridgehead atoms. The molecule has 0 fully saturated rings. The van der Waals surface area contributed by atoms with Crippen molar-refractivity contribution >= 4 is 32.3 Å². The molecule has 0 spiro atoms. The van der Waals surface area contributed by atoms with Crippen LogP contribution in [-0.4, -0.2) is 14.2 Å². The molecule has 0 saturated carbocycles. The highest BCUT2D eigenvalue weighted by Gasteiger charge is 2.12. The number of fused-ring (bicyclic) bond motifs is 6. The first-order valence-electron chi connectivity index (χ1n) is 7.28. The van der Waals surface area contributed by atoms with Gasteiger partial charge in [0.1, 0.15) is 0 Å². The second-order valence-corrected chi connectivity index (χ2v) is 5.34. The van der Waals surface area contributed by atoms with Crippen LogP contribution in [0.25, 0.3) is 32.3 Å². The molecular weight excluding hydrogens is 272 g/mol. The monoisotopic (exact) mass is 288 g/mol. The molecule has 0 saturated heterocycles. The maximum absolute atomic E-state index is 5.48. The van der Waals surface area contributed by atoms with Gasteiger partial charge in [-0.2, -0.15) is 0 Å². The zero-order valence-electron chi connectivity index (χ0n) is 12.6. The van der Waals surface area contributed by atoms with Crippen molar-refractivity contribution < 1.29 is 9.47 Å². The first-order chi connectivity index (χ1) is 10.8. The average Bonchev–Trinajstić information content (AvgIpc) is 2.60. The zero-order chi connectivity index (χ0) is 15.1. The molecule has 0 aliphatic heterocycles. The van der Waals surface area contributed by atoms with Crippen molar-refractivity contribution in [2.75, 3.05) is 14.2 Å². The van der Waals surface area contributed by atoms with Crippen LogP contribution >= 0.6 is 0 Å². The SMILES string of the molecule is COc1cc2c3ccccc3c3ccccc3c2cc1OC. The van der Waals surface area contributed by atoms with Gasteiger partial charge in [-0.25, -0.2) is 0 Å². The Balaban J connectivity index is 2.32. The predicted octanol–water partition coefficient (Wildman–Crippen LogP) is 5.16. The van der Waals surface area contributed by atoms with Gasteiger partial charge in [-0.1, -0.05) is 48.5 Å². The molecule has 0 atom stereocenters. The molecule has 0 unspecified atom stereocenters. The van der Waals surface area contributed by atoms with Crippen LogP contribution in [0.15, 0.2) is 60.7 Å². The van der Waals surface area contributed by atoms with Crippen LogP contribution in [0, 0.1) is 0 Å². The Morgan fingerprint density at radius 3 is 1.14 bits per heavy atom. The lowest BCUT2D eigenvalue weighted by Gasteiger charge is -2.14. The Morgan fingerprint density at radius 1 is 0.500 bits per heavy atom. The molecule has 0 aliphatic carbocycles. The Bertz CT molecular complexity index is 920. The van der Waals surface area contributed by atoms with Crippen molar-refractivity contribution in [3.05, 3.63) is 60.7 Å². The Hall–Kier alpha value is -2.74. The van der Waals surface area contributed by atoms with Gasteiger partial charge in [0.05, 0.1) is 14.2 Å². The maximum Gasteiger partial charge on any atom is 0.161 e. The third-order valence-electron chi connectivity index (χ3n) is 4.25. The second kappa shape index (κ2) is 4.92. The molecule has 0 N–H and O–H groups in total. The van der Waals surface area contributed by atoms with Gasteiger partial charge in [-0.15, -0.1) is 0 Å². The highest BCUT2D eigenvalue weighted by molar-refractivity contribution is 6.25. The molecular formula is C20H16O2. The van der Waals surface area contributed by atoms with E-state index in [0.29, 0.717) is 0 Å². The molecule has 4 aromatic rings. The summed E-state index contributed by atoms with van der Waals surface area (Å²) in [4.78, 5) is 0. The summed E-state index contributed by atoms with van der Waals surface area (Å²) in [5.41, 5.74) is 0. The average molecular weight is 288 g/mol. The van der Waals surface area contributed by atoms with E-state index < -0.39 is 0 Å². The van der Waals surface area contributed by atoms with E-state index >= 15 is 0 Å². The van der Waals surface area contributed by atoms with Gasteiger partial charge >= 0.3 is 0 Å². The van der Waals surface area contributed by atoms with E-state index in [0.717, 1.165) is 11.5 Å². The highest BCUT2D eigenvalue weighted by atomic mass is 16.5. The molecule has 108 valence electrons. The fourth-order valence-corrected chi connectivity index (χ4v) is 3.23. The molecule has 2 nitrogen and oxygen atoms in total. The quantitative estimate of drug-likeness (QED) is 0.474. The van der Waals surface area contributed by atoms with Crippen molar-refractivity contribution in [1.29, 1.82) is 0 Å². The van der Waals surface area contributed by atoms with Gasteiger partial charge in [0.15, 0.2) is 11.5 Å². The van der Waals surface area contributed by atoms with Crippen LogP contribution in [0.5, 0.6) is 11.5 Å². The van der Waals surface area contributed by atoms with Crippen LogP contribution in [0.1, 0.15) is 0 Å². The number of rotatable bonds is 2. The molecule has 0 aromatic heterocycles. The van der Waals surface area contributed by atoms with Gasteiger partial charge < -0.3 is 9.47 Å². The summed E-state index contributed by atoms with van der Waals surface area (Å²) in [6.45, 7) is 0. The summed E-state index contributed by atoms with van der Waals surface area (Å²) in [6.07, 6.45) is 0. The maximum atomic E-state index is 5.48. The topological polar surface area (TPSA) is 18.5 Å². The fourth-order valence-electron chi connectivity index (χ4n) is 3.23. The van der Waals surface area contributed by atoms with E-state index in [9.17, 15) is 0 Å². The van der Waals surface area contributed by atoms with Crippen molar-refractivity contribution in [3.63, 3.8) is 0 Å². The zero-order valence-corrected chi connectivity index (χ0v) is 12.6. The number of hydrogen-bond donors (Lipinski definition) is 0. The summed E-state index contributed by atoms with van der Waals surface area (Å²) < 4.78 is 11.0. The second-order valence-electron chi connectivity index (χ2n) is 5.34. The molecule has 4 aromatic carbocycles. The summed E-state index contributed by atoms with van der Waals surface area (Å²) >= 11 is 0. The van der Waals surface area contributed by atoms with Crippen molar-refractivity contribution in [2.24, 2.45) is 0 Å².